The topological polar surface area (TPSA) is 93.1 Å². The maximum Gasteiger partial charge on any atom is 0.263 e. The average molecular weight is 420 g/mol. The number of hydrogen-bond acceptors (Lipinski definition) is 4. The number of amides is 1. The molecule has 0 aliphatic carbocycles. The van der Waals surface area contributed by atoms with Crippen LogP contribution in [0.15, 0.2) is 83.9 Å². The van der Waals surface area contributed by atoms with Gasteiger partial charge in [0.1, 0.15) is 0 Å². The molecule has 0 bridgehead atoms. The van der Waals surface area contributed by atoms with Crippen molar-refractivity contribution in [3.8, 4) is 0 Å². The monoisotopic (exact) mass is 420 g/mol. The van der Waals surface area contributed by atoms with Gasteiger partial charge < -0.3 is 5.32 Å². The average Bonchev–Trinajstić information content (AvgIpc) is 3.14. The van der Waals surface area contributed by atoms with E-state index in [0.29, 0.717) is 12.2 Å². The summed E-state index contributed by atoms with van der Waals surface area (Å²) in [6.45, 7) is 1.91. The quantitative estimate of drug-likeness (QED) is 0.496. The van der Waals surface area contributed by atoms with Crippen molar-refractivity contribution in [2.75, 3.05) is 10.0 Å². The molecule has 152 valence electrons. The van der Waals surface area contributed by atoms with Crippen LogP contribution in [0.25, 0.3) is 10.8 Å². The van der Waals surface area contributed by atoms with E-state index in [0.717, 1.165) is 16.3 Å². The van der Waals surface area contributed by atoms with Crippen LogP contribution in [0.5, 0.6) is 0 Å². The Morgan fingerprint density at radius 3 is 2.47 bits per heavy atom. The third-order valence-electron chi connectivity index (χ3n) is 4.58. The lowest BCUT2D eigenvalue weighted by molar-refractivity contribution is -0.114. The number of anilines is 2. The molecule has 0 unspecified atom stereocenters. The molecule has 7 nitrogen and oxygen atoms in total. The molecule has 0 spiro atoms. The van der Waals surface area contributed by atoms with Crippen LogP contribution < -0.4 is 10.0 Å². The highest BCUT2D eigenvalue weighted by Crippen LogP contribution is 2.21. The molecule has 30 heavy (non-hydrogen) atoms. The van der Waals surface area contributed by atoms with E-state index in [-0.39, 0.29) is 16.6 Å². The van der Waals surface area contributed by atoms with E-state index in [1.807, 2.05) is 24.3 Å². The van der Waals surface area contributed by atoms with Gasteiger partial charge >= 0.3 is 0 Å². The highest BCUT2D eigenvalue weighted by atomic mass is 32.2. The molecule has 0 atom stereocenters. The molecule has 4 rings (SSSR count). The first-order valence-corrected chi connectivity index (χ1v) is 10.8. The normalized spacial score (nSPS) is 11.4. The first kappa shape index (κ1) is 19.7. The van der Waals surface area contributed by atoms with Gasteiger partial charge in [0.15, 0.2) is 5.82 Å². The van der Waals surface area contributed by atoms with E-state index in [2.05, 4.69) is 33.3 Å². The summed E-state index contributed by atoms with van der Waals surface area (Å²) in [5, 5.41) is 9.23. The SMILES string of the molecule is CC(=O)Nc1ccc(S(=O)(=O)Nc2ccn(Cc3cccc4ccccc34)n2)cc1. The molecule has 0 saturated heterocycles. The molecule has 2 N–H and O–H groups in total. The third kappa shape index (κ3) is 4.33. The van der Waals surface area contributed by atoms with Crippen molar-refractivity contribution in [3.63, 3.8) is 0 Å². The van der Waals surface area contributed by atoms with Gasteiger partial charge in [-0.15, -0.1) is 0 Å². The molecule has 4 aromatic rings. The zero-order chi connectivity index (χ0) is 21.1. The maximum absolute atomic E-state index is 12.6. The molecule has 0 radical (unpaired) electrons. The second-order valence-corrected chi connectivity index (χ2v) is 8.53. The van der Waals surface area contributed by atoms with Crippen LogP contribution in [0.1, 0.15) is 12.5 Å². The largest absolute Gasteiger partial charge is 0.326 e. The fourth-order valence-corrected chi connectivity index (χ4v) is 4.22. The molecular formula is C22H20N4O3S. The van der Waals surface area contributed by atoms with Gasteiger partial charge in [-0.25, -0.2) is 8.42 Å². The highest BCUT2D eigenvalue weighted by Gasteiger charge is 2.16. The Kier molecular flexibility index (Phi) is 5.24. The van der Waals surface area contributed by atoms with Gasteiger partial charge in [-0.05, 0) is 40.6 Å². The predicted octanol–water partition coefficient (Wildman–Crippen LogP) is 3.84. The van der Waals surface area contributed by atoms with Crippen molar-refractivity contribution in [2.24, 2.45) is 0 Å². The second-order valence-electron chi connectivity index (χ2n) is 6.85. The minimum Gasteiger partial charge on any atom is -0.326 e. The lowest BCUT2D eigenvalue weighted by Crippen LogP contribution is -2.14. The Morgan fingerprint density at radius 2 is 1.70 bits per heavy atom. The minimum atomic E-state index is -3.79. The molecule has 0 aliphatic rings. The number of nitrogens with one attached hydrogen (secondary N) is 2. The van der Waals surface area contributed by atoms with Crippen LogP contribution in [-0.2, 0) is 21.4 Å². The van der Waals surface area contributed by atoms with Crippen molar-refractivity contribution < 1.29 is 13.2 Å². The molecule has 1 amide bonds. The van der Waals surface area contributed by atoms with Gasteiger partial charge in [0.2, 0.25) is 5.91 Å². The molecule has 1 heterocycles. The van der Waals surface area contributed by atoms with Crippen molar-refractivity contribution in [2.45, 2.75) is 18.4 Å². The van der Waals surface area contributed by atoms with Crippen molar-refractivity contribution in [1.82, 2.24) is 9.78 Å². The van der Waals surface area contributed by atoms with Crippen molar-refractivity contribution in [1.29, 1.82) is 0 Å². The van der Waals surface area contributed by atoms with E-state index in [9.17, 15) is 13.2 Å². The first-order valence-electron chi connectivity index (χ1n) is 9.31. The number of carbonyl (C=O) groups excluding carboxylic acids is 1. The van der Waals surface area contributed by atoms with Crippen molar-refractivity contribution in [3.05, 3.63) is 84.6 Å². The van der Waals surface area contributed by atoms with Gasteiger partial charge in [-0.2, -0.15) is 5.10 Å². The number of rotatable bonds is 6. The number of nitrogens with zero attached hydrogens (tertiary/aromatic N) is 2. The van der Waals surface area contributed by atoms with Crippen LogP contribution >= 0.6 is 0 Å². The molecule has 8 heteroatoms. The zero-order valence-corrected chi connectivity index (χ0v) is 17.1. The number of fused-ring (bicyclic) bond motifs is 1. The molecule has 0 fully saturated rings. The van der Waals surface area contributed by atoms with Crippen LogP contribution in [0.2, 0.25) is 0 Å². The standard InChI is InChI=1S/C22H20N4O3S/c1-16(27)23-19-9-11-20(12-10-19)30(28,29)25-22-13-14-26(24-22)15-18-7-4-6-17-5-2-3-8-21(17)18/h2-14H,15H2,1H3,(H,23,27)(H,24,25). The van der Waals surface area contributed by atoms with Gasteiger partial charge in [-0.1, -0.05) is 42.5 Å². The number of sulfonamides is 1. The Bertz CT molecular complexity index is 1310. The molecule has 0 aliphatic heterocycles. The minimum absolute atomic E-state index is 0.0835. The highest BCUT2D eigenvalue weighted by molar-refractivity contribution is 7.92. The Hall–Kier alpha value is -3.65. The lowest BCUT2D eigenvalue weighted by Gasteiger charge is -2.08. The van der Waals surface area contributed by atoms with E-state index in [4.69, 9.17) is 0 Å². The summed E-state index contributed by atoms with van der Waals surface area (Å²) in [5.41, 5.74) is 1.62. The molecule has 0 saturated carbocycles. The molecule has 1 aromatic heterocycles. The van der Waals surface area contributed by atoms with Gasteiger partial charge in [0.05, 0.1) is 11.4 Å². The number of benzene rings is 3. The Balaban J connectivity index is 1.50. The van der Waals surface area contributed by atoms with Crippen molar-refractivity contribution >= 4 is 38.2 Å². The van der Waals surface area contributed by atoms with Crippen LogP contribution in [-0.4, -0.2) is 24.1 Å². The van der Waals surface area contributed by atoms with Crippen LogP contribution in [0, 0.1) is 0 Å². The smallest absolute Gasteiger partial charge is 0.263 e. The number of aromatic nitrogens is 2. The third-order valence-corrected chi connectivity index (χ3v) is 5.95. The molecule has 3 aromatic carbocycles. The summed E-state index contributed by atoms with van der Waals surface area (Å²) in [5.74, 6) is 0.0154. The summed E-state index contributed by atoms with van der Waals surface area (Å²) in [6.07, 6.45) is 1.74. The van der Waals surface area contributed by atoms with Crippen LogP contribution in [0.4, 0.5) is 11.5 Å². The maximum atomic E-state index is 12.6. The fourth-order valence-electron chi connectivity index (χ4n) is 3.23. The van der Waals surface area contributed by atoms with E-state index in [1.165, 1.54) is 31.2 Å². The lowest BCUT2D eigenvalue weighted by atomic mass is 10.0. The fraction of sp³-hybridized carbons (Fsp3) is 0.0909. The number of hydrogen-bond donors (Lipinski definition) is 2. The number of carbonyl (C=O) groups is 1. The first-order chi connectivity index (χ1) is 14.4. The second kappa shape index (κ2) is 8.00. The summed E-state index contributed by atoms with van der Waals surface area (Å²) in [7, 11) is -3.79. The summed E-state index contributed by atoms with van der Waals surface area (Å²) in [4.78, 5) is 11.2. The summed E-state index contributed by atoms with van der Waals surface area (Å²) >= 11 is 0. The van der Waals surface area contributed by atoms with Crippen LogP contribution in [0.3, 0.4) is 0 Å². The summed E-state index contributed by atoms with van der Waals surface area (Å²) in [6, 6.07) is 21.7. The van der Waals surface area contributed by atoms with E-state index in [1.54, 1.807) is 16.9 Å². The predicted molar refractivity (Wildman–Crippen MR) is 117 cm³/mol. The van der Waals surface area contributed by atoms with Gasteiger partial charge in [0.25, 0.3) is 10.0 Å². The molecular weight excluding hydrogens is 400 g/mol. The zero-order valence-electron chi connectivity index (χ0n) is 16.2. The van der Waals surface area contributed by atoms with E-state index >= 15 is 0 Å². The Morgan fingerprint density at radius 1 is 0.967 bits per heavy atom. The van der Waals surface area contributed by atoms with Gasteiger partial charge in [-0.3, -0.25) is 14.2 Å². The van der Waals surface area contributed by atoms with E-state index < -0.39 is 10.0 Å². The summed E-state index contributed by atoms with van der Waals surface area (Å²) < 4.78 is 29.4. The Labute approximate surface area is 174 Å². The van der Waals surface area contributed by atoms with Gasteiger partial charge in [0, 0.05) is 24.9 Å².